The van der Waals surface area contributed by atoms with Crippen LogP contribution in [0.15, 0.2) is 77.2 Å². The first kappa shape index (κ1) is 22.8. The number of fused-ring (bicyclic) bond motifs is 3. The maximum absolute atomic E-state index is 13.5. The summed E-state index contributed by atoms with van der Waals surface area (Å²) in [4.78, 5) is 41.6. The quantitative estimate of drug-likeness (QED) is 0.168. The lowest BCUT2D eigenvalue weighted by atomic mass is 10.0. The van der Waals surface area contributed by atoms with Gasteiger partial charge >= 0.3 is 0 Å². The van der Waals surface area contributed by atoms with Gasteiger partial charge in [-0.15, -0.1) is 11.6 Å². The van der Waals surface area contributed by atoms with Crippen LogP contribution in [0.1, 0.15) is 32.5 Å². The first-order valence-corrected chi connectivity index (χ1v) is 12.0. The number of nitrogens with zero attached hydrogens (tertiary/aromatic N) is 2. The number of hydrogen-bond donors (Lipinski definition) is 2. The van der Waals surface area contributed by atoms with Crippen LogP contribution < -0.4 is 10.2 Å². The van der Waals surface area contributed by atoms with Gasteiger partial charge in [-0.1, -0.05) is 18.2 Å². The molecule has 1 aliphatic rings. The van der Waals surface area contributed by atoms with E-state index in [4.69, 9.17) is 16.0 Å². The van der Waals surface area contributed by atoms with Gasteiger partial charge in [-0.05, 0) is 48.0 Å². The average Bonchev–Trinajstić information content (AvgIpc) is 3.62. The second kappa shape index (κ2) is 8.79. The van der Waals surface area contributed by atoms with Crippen molar-refractivity contribution < 1.29 is 18.9 Å². The summed E-state index contributed by atoms with van der Waals surface area (Å²) >= 11 is 6.12. The van der Waals surface area contributed by atoms with Crippen molar-refractivity contribution in [3.63, 3.8) is 0 Å². The van der Waals surface area contributed by atoms with E-state index in [1.165, 1.54) is 17.0 Å². The van der Waals surface area contributed by atoms with Gasteiger partial charge in [0.2, 0.25) is 0 Å². The molecule has 37 heavy (non-hydrogen) atoms. The number of nitro groups is 1. The summed E-state index contributed by atoms with van der Waals surface area (Å²) in [6.07, 6.45) is 0. The topological polar surface area (TPSA) is 121 Å². The number of carbonyl (C=O) groups is 2. The zero-order chi connectivity index (χ0) is 25.7. The van der Waals surface area contributed by atoms with Crippen LogP contribution >= 0.6 is 11.6 Å². The number of aromatic nitrogens is 1. The standard InChI is InChI=1S/C27H19ClN4O5/c28-13-17-14-31(23-12-19(32(35)36)6-7-20(17)23)27(34)22-10-16-9-18(5-8-21(16)30-22)29-26(33)25-11-15-3-1-2-4-24(15)37-25/h1-12,17,30H,13-14H2,(H,29,33). The highest BCUT2D eigenvalue weighted by Crippen LogP contribution is 2.40. The van der Waals surface area contributed by atoms with Gasteiger partial charge < -0.3 is 19.6 Å². The first-order chi connectivity index (χ1) is 17.9. The molecule has 10 heteroatoms. The van der Waals surface area contributed by atoms with Crippen molar-refractivity contribution >= 4 is 62.3 Å². The highest BCUT2D eigenvalue weighted by molar-refractivity contribution is 6.19. The number of halogens is 1. The van der Waals surface area contributed by atoms with Crippen molar-refractivity contribution in [3.05, 3.63) is 99.9 Å². The smallest absolute Gasteiger partial charge is 0.291 e. The number of rotatable bonds is 5. The highest BCUT2D eigenvalue weighted by Gasteiger charge is 2.34. The van der Waals surface area contributed by atoms with Gasteiger partial charge in [-0.2, -0.15) is 0 Å². The van der Waals surface area contributed by atoms with Crippen LogP contribution in [0.3, 0.4) is 0 Å². The van der Waals surface area contributed by atoms with Crippen LogP contribution in [0.25, 0.3) is 21.9 Å². The monoisotopic (exact) mass is 514 g/mol. The van der Waals surface area contributed by atoms with Crippen LogP contribution in [0.4, 0.5) is 17.1 Å². The second-order valence-corrected chi connectivity index (χ2v) is 9.16. The van der Waals surface area contributed by atoms with E-state index in [1.807, 2.05) is 18.2 Å². The predicted octanol–water partition coefficient (Wildman–Crippen LogP) is 6.06. The molecule has 0 saturated heterocycles. The fraction of sp³-hybridized carbons (Fsp3) is 0.111. The molecule has 3 aromatic carbocycles. The second-order valence-electron chi connectivity index (χ2n) is 8.85. The average molecular weight is 515 g/mol. The number of benzene rings is 3. The molecule has 0 saturated carbocycles. The Bertz CT molecular complexity index is 1690. The normalized spacial score (nSPS) is 14.7. The largest absolute Gasteiger partial charge is 0.451 e. The Morgan fingerprint density at radius 1 is 1.08 bits per heavy atom. The Kier molecular flexibility index (Phi) is 5.42. The number of amides is 2. The lowest BCUT2D eigenvalue weighted by Crippen LogP contribution is -2.30. The molecule has 2 aromatic heterocycles. The molecule has 5 aromatic rings. The third kappa shape index (κ3) is 3.99. The maximum atomic E-state index is 13.5. The van der Waals surface area contributed by atoms with Crippen molar-refractivity contribution in [3.8, 4) is 0 Å². The fourth-order valence-electron chi connectivity index (χ4n) is 4.72. The van der Waals surface area contributed by atoms with E-state index >= 15 is 0 Å². The number of alkyl halides is 1. The van der Waals surface area contributed by atoms with E-state index in [2.05, 4.69) is 10.3 Å². The molecule has 1 aliphatic heterocycles. The minimum Gasteiger partial charge on any atom is -0.451 e. The summed E-state index contributed by atoms with van der Waals surface area (Å²) in [6, 6.07) is 20.5. The SMILES string of the molecule is O=C(Nc1ccc2[nH]c(C(=O)N3CC(CCl)c4ccc([N+](=O)[O-])cc43)cc2c1)c1cc2ccccc2o1. The van der Waals surface area contributed by atoms with Gasteiger partial charge in [0.1, 0.15) is 11.3 Å². The zero-order valence-corrected chi connectivity index (χ0v) is 20.0. The molecule has 2 amide bonds. The Morgan fingerprint density at radius 2 is 1.92 bits per heavy atom. The third-order valence-corrected chi connectivity index (χ3v) is 6.92. The summed E-state index contributed by atoms with van der Waals surface area (Å²) in [6.45, 7) is 0.326. The molecule has 1 atom stereocenters. The number of furan rings is 1. The molecule has 1 unspecified atom stereocenters. The molecular formula is C27H19ClN4O5. The lowest BCUT2D eigenvalue weighted by Gasteiger charge is -2.16. The van der Waals surface area contributed by atoms with E-state index in [0.29, 0.717) is 34.7 Å². The van der Waals surface area contributed by atoms with Gasteiger partial charge in [0.05, 0.1) is 10.6 Å². The zero-order valence-electron chi connectivity index (χ0n) is 19.2. The molecule has 0 bridgehead atoms. The number of carbonyl (C=O) groups excluding carboxylic acids is 2. The Hall–Kier alpha value is -4.63. The van der Waals surface area contributed by atoms with Crippen LogP contribution in [-0.4, -0.2) is 34.1 Å². The van der Waals surface area contributed by atoms with Gasteiger partial charge in [-0.25, -0.2) is 0 Å². The predicted molar refractivity (Wildman–Crippen MR) is 141 cm³/mol. The van der Waals surface area contributed by atoms with Crippen molar-refractivity contribution in [2.75, 3.05) is 22.6 Å². The van der Waals surface area contributed by atoms with Crippen LogP contribution in [0.5, 0.6) is 0 Å². The van der Waals surface area contributed by atoms with Crippen LogP contribution in [-0.2, 0) is 0 Å². The Morgan fingerprint density at radius 3 is 2.70 bits per heavy atom. The molecule has 6 rings (SSSR count). The number of aromatic amines is 1. The summed E-state index contributed by atoms with van der Waals surface area (Å²) in [7, 11) is 0. The molecule has 3 heterocycles. The Balaban J connectivity index is 1.26. The van der Waals surface area contributed by atoms with Crippen molar-refractivity contribution in [2.24, 2.45) is 0 Å². The first-order valence-electron chi connectivity index (χ1n) is 11.5. The number of H-pyrrole nitrogens is 1. The minimum atomic E-state index is -0.485. The molecule has 0 spiro atoms. The molecule has 0 radical (unpaired) electrons. The van der Waals surface area contributed by atoms with E-state index in [0.717, 1.165) is 16.3 Å². The molecule has 0 fully saturated rings. The minimum absolute atomic E-state index is 0.0896. The van der Waals surface area contributed by atoms with Gasteiger partial charge in [0, 0.05) is 52.5 Å². The summed E-state index contributed by atoms with van der Waals surface area (Å²) in [5, 5.41) is 15.7. The van der Waals surface area contributed by atoms with Gasteiger partial charge in [0.25, 0.3) is 17.5 Å². The van der Waals surface area contributed by atoms with E-state index in [-0.39, 0.29) is 35.1 Å². The summed E-state index contributed by atoms with van der Waals surface area (Å²) in [5.41, 5.74) is 3.40. The number of para-hydroxylation sites is 1. The number of nitrogens with one attached hydrogen (secondary N) is 2. The summed E-state index contributed by atoms with van der Waals surface area (Å²) in [5.74, 6) is -0.341. The van der Waals surface area contributed by atoms with E-state index < -0.39 is 4.92 Å². The fourth-order valence-corrected chi connectivity index (χ4v) is 4.99. The van der Waals surface area contributed by atoms with Crippen LogP contribution in [0, 0.1) is 10.1 Å². The summed E-state index contributed by atoms with van der Waals surface area (Å²) < 4.78 is 5.63. The number of nitro benzene ring substituents is 1. The van der Waals surface area contributed by atoms with Gasteiger partial charge in [-0.3, -0.25) is 19.7 Å². The third-order valence-electron chi connectivity index (χ3n) is 6.55. The number of hydrogen-bond acceptors (Lipinski definition) is 5. The Labute approximate surface area is 214 Å². The van der Waals surface area contributed by atoms with E-state index in [9.17, 15) is 19.7 Å². The molecule has 2 N–H and O–H groups in total. The van der Waals surface area contributed by atoms with Crippen molar-refractivity contribution in [1.29, 1.82) is 0 Å². The van der Waals surface area contributed by atoms with Crippen LogP contribution in [0.2, 0.25) is 0 Å². The van der Waals surface area contributed by atoms with E-state index in [1.54, 1.807) is 42.5 Å². The highest BCUT2D eigenvalue weighted by atomic mass is 35.5. The maximum Gasteiger partial charge on any atom is 0.291 e. The molecular weight excluding hydrogens is 496 g/mol. The van der Waals surface area contributed by atoms with Crippen molar-refractivity contribution in [2.45, 2.75) is 5.92 Å². The van der Waals surface area contributed by atoms with Crippen molar-refractivity contribution in [1.82, 2.24) is 4.98 Å². The molecule has 0 aliphatic carbocycles. The molecule has 184 valence electrons. The number of anilines is 2. The number of non-ortho nitro benzene ring substituents is 1. The molecule has 9 nitrogen and oxygen atoms in total. The lowest BCUT2D eigenvalue weighted by molar-refractivity contribution is -0.384. The van der Waals surface area contributed by atoms with Gasteiger partial charge in [0.15, 0.2) is 5.76 Å².